The summed E-state index contributed by atoms with van der Waals surface area (Å²) in [6, 6.07) is 40.2. The Morgan fingerprint density at radius 3 is 1.44 bits per heavy atom. The van der Waals surface area contributed by atoms with Crippen LogP contribution in [0.3, 0.4) is 0 Å². The molecule has 6 aromatic rings. The second-order valence-corrected chi connectivity index (χ2v) is 11.4. The third-order valence-corrected chi connectivity index (χ3v) is 7.98. The molecule has 0 amide bonds. The molecule has 214 valence electrons. The highest BCUT2D eigenvalue weighted by Gasteiger charge is 2.15. The predicted octanol–water partition coefficient (Wildman–Crippen LogP) is 9.23. The summed E-state index contributed by atoms with van der Waals surface area (Å²) in [7, 11) is 4.00. The van der Waals surface area contributed by atoms with Crippen LogP contribution >= 0.6 is 0 Å². The lowest BCUT2D eigenvalue weighted by Crippen LogP contribution is -2.31. The third-order valence-electron chi connectivity index (χ3n) is 7.98. The van der Waals surface area contributed by atoms with Crippen molar-refractivity contribution in [3.63, 3.8) is 0 Å². The van der Waals surface area contributed by atoms with Crippen molar-refractivity contribution in [1.29, 1.82) is 0 Å². The number of hydrogen-bond donors (Lipinski definition) is 0. The zero-order valence-corrected chi connectivity index (χ0v) is 26.0. The summed E-state index contributed by atoms with van der Waals surface area (Å²) < 4.78 is 27.1. The Bertz CT molecular complexity index is 1980. The van der Waals surface area contributed by atoms with Gasteiger partial charge in [-0.2, -0.15) is 0 Å². The van der Waals surface area contributed by atoms with Gasteiger partial charge in [0.15, 0.2) is 12.4 Å². The van der Waals surface area contributed by atoms with Gasteiger partial charge in [-0.1, -0.05) is 84.9 Å². The Morgan fingerprint density at radius 1 is 0.442 bits per heavy atom. The molecule has 2 aromatic heterocycles. The lowest BCUT2D eigenvalue weighted by atomic mass is 9.97. The molecule has 0 atom stereocenters. The molecular formula is C41H42N2+2. The van der Waals surface area contributed by atoms with Crippen molar-refractivity contribution in [2.75, 3.05) is 0 Å². The van der Waals surface area contributed by atoms with Gasteiger partial charge in [-0.05, 0) is 91.7 Å². The van der Waals surface area contributed by atoms with E-state index in [1.54, 1.807) is 6.20 Å². The molecule has 0 N–H and O–H groups in total. The van der Waals surface area contributed by atoms with Gasteiger partial charge in [0, 0.05) is 38.5 Å². The van der Waals surface area contributed by atoms with E-state index in [0.29, 0.717) is 5.56 Å². The van der Waals surface area contributed by atoms with E-state index < -0.39 is 6.85 Å². The predicted molar refractivity (Wildman–Crippen MR) is 181 cm³/mol. The first kappa shape index (κ1) is 25.9. The molecule has 0 aliphatic rings. The van der Waals surface area contributed by atoms with Crippen LogP contribution < -0.4 is 9.13 Å². The molecule has 0 fully saturated rings. The summed E-state index contributed by atoms with van der Waals surface area (Å²) in [5.41, 5.74) is 14.5. The zero-order chi connectivity index (χ0) is 33.0. The Balaban J connectivity index is 0.000000184. The molecule has 0 spiro atoms. The van der Waals surface area contributed by atoms with Crippen LogP contribution in [0.15, 0.2) is 128 Å². The molecule has 0 aliphatic heterocycles. The fourth-order valence-electron chi connectivity index (χ4n) is 5.57. The van der Waals surface area contributed by atoms with Crippen LogP contribution in [0.4, 0.5) is 0 Å². The molecule has 0 saturated heterocycles. The molecule has 0 unspecified atom stereocenters. The maximum Gasteiger partial charge on any atom is 0.212 e. The van der Waals surface area contributed by atoms with Crippen molar-refractivity contribution in [2.24, 2.45) is 14.1 Å². The molecule has 6 rings (SSSR count). The maximum atomic E-state index is 7.67. The minimum Gasteiger partial charge on any atom is -0.201 e. The summed E-state index contributed by atoms with van der Waals surface area (Å²) >= 11 is 0. The summed E-state index contributed by atoms with van der Waals surface area (Å²) in [6.07, 6.45) is 3.89. The molecule has 0 saturated carbocycles. The fourth-order valence-corrected chi connectivity index (χ4v) is 5.57. The van der Waals surface area contributed by atoms with E-state index in [1.807, 2.05) is 42.8 Å². The molecule has 0 radical (unpaired) electrons. The van der Waals surface area contributed by atoms with Gasteiger partial charge < -0.3 is 0 Å². The summed E-state index contributed by atoms with van der Waals surface area (Å²) in [5, 5.41) is 0. The van der Waals surface area contributed by atoms with E-state index in [0.717, 1.165) is 22.4 Å². The van der Waals surface area contributed by atoms with E-state index in [1.165, 1.54) is 44.6 Å². The van der Waals surface area contributed by atoms with Crippen molar-refractivity contribution in [1.82, 2.24) is 0 Å². The average molecular weight is 566 g/mol. The monoisotopic (exact) mass is 565 g/mol. The van der Waals surface area contributed by atoms with E-state index >= 15 is 0 Å². The molecule has 0 aliphatic carbocycles. The van der Waals surface area contributed by atoms with Crippen LogP contribution in [-0.4, -0.2) is 0 Å². The van der Waals surface area contributed by atoms with E-state index in [9.17, 15) is 0 Å². The first-order valence-electron chi connectivity index (χ1n) is 16.2. The molecule has 2 heterocycles. The number of rotatable bonds is 4. The zero-order valence-electron chi connectivity index (χ0n) is 29.0. The summed E-state index contributed by atoms with van der Waals surface area (Å²) in [5.74, 6) is 0. The quantitative estimate of drug-likeness (QED) is 0.188. The summed E-state index contributed by atoms with van der Waals surface area (Å²) in [6.45, 7) is 6.16. The smallest absolute Gasteiger partial charge is 0.201 e. The number of pyridine rings is 2. The largest absolute Gasteiger partial charge is 0.212 e. The Kier molecular flexibility index (Phi) is 7.82. The van der Waals surface area contributed by atoms with Crippen LogP contribution in [0.25, 0.3) is 44.8 Å². The number of aryl methyl sites for hydroxylation is 7. The standard InChI is InChI=1S/C21H22N.C20H20N/c1-15-13-21(22(4)14-17(15)3)20-11-10-19(12-16(20)2)18-8-6-5-7-9-18;1-15-9-12-20(21(3)14-15)19-11-10-18(13-16(19)2)17-7-5-4-6-8-17/h5-14H,1-4H3;4-14H,1-3H3/q2*+1/i3D3;. The van der Waals surface area contributed by atoms with E-state index in [2.05, 4.69) is 130 Å². The Hall–Kier alpha value is -4.82. The van der Waals surface area contributed by atoms with Gasteiger partial charge in [0.2, 0.25) is 11.4 Å². The second kappa shape index (κ2) is 13.0. The minimum atomic E-state index is -2.09. The molecule has 2 heteroatoms. The SMILES string of the molecule is Cc1ccc(-c2ccc(-c3ccccc3)cc2C)[n+](C)c1.[2H]C([2H])([2H])c1c[n+](C)c(-c2ccc(-c3ccccc3)cc2C)cc1C. The van der Waals surface area contributed by atoms with Crippen LogP contribution in [0.2, 0.25) is 0 Å². The maximum absolute atomic E-state index is 7.67. The van der Waals surface area contributed by atoms with Crippen LogP contribution in [0, 0.1) is 34.5 Å². The van der Waals surface area contributed by atoms with Gasteiger partial charge in [-0.15, -0.1) is 0 Å². The molecule has 43 heavy (non-hydrogen) atoms. The van der Waals surface area contributed by atoms with Gasteiger partial charge in [-0.3, -0.25) is 0 Å². The first-order chi connectivity index (χ1) is 21.9. The Labute approximate surface area is 261 Å². The number of aromatic nitrogens is 2. The van der Waals surface area contributed by atoms with Crippen LogP contribution in [0.5, 0.6) is 0 Å². The van der Waals surface area contributed by atoms with Gasteiger partial charge in [0.05, 0.1) is 0 Å². The number of hydrogen-bond acceptors (Lipinski definition) is 0. The molecule has 2 nitrogen and oxygen atoms in total. The van der Waals surface area contributed by atoms with Gasteiger partial charge in [-0.25, -0.2) is 9.13 Å². The fraction of sp³-hybridized carbons (Fsp3) is 0.171. The second-order valence-electron chi connectivity index (χ2n) is 11.4. The molecule has 4 aromatic carbocycles. The number of nitrogens with zero attached hydrogens (tertiary/aromatic N) is 2. The highest BCUT2D eigenvalue weighted by atomic mass is 14.9. The number of benzene rings is 4. The lowest BCUT2D eigenvalue weighted by molar-refractivity contribution is -0.660. The van der Waals surface area contributed by atoms with Crippen molar-refractivity contribution >= 4 is 0 Å². The highest BCUT2D eigenvalue weighted by molar-refractivity contribution is 5.72. The summed E-state index contributed by atoms with van der Waals surface area (Å²) in [4.78, 5) is 0. The van der Waals surface area contributed by atoms with Crippen molar-refractivity contribution in [2.45, 2.75) is 34.5 Å². The highest BCUT2D eigenvalue weighted by Crippen LogP contribution is 2.28. The Morgan fingerprint density at radius 2 is 0.953 bits per heavy atom. The minimum absolute atomic E-state index is 0.400. The normalized spacial score (nSPS) is 12.0. The van der Waals surface area contributed by atoms with Crippen LogP contribution in [-0.2, 0) is 14.1 Å². The molecular weight excluding hydrogens is 520 g/mol. The van der Waals surface area contributed by atoms with E-state index in [-0.39, 0.29) is 0 Å². The van der Waals surface area contributed by atoms with E-state index in [4.69, 9.17) is 4.11 Å². The van der Waals surface area contributed by atoms with Crippen molar-refractivity contribution in [3.05, 3.63) is 155 Å². The average Bonchev–Trinajstić information content (AvgIpc) is 3.03. The van der Waals surface area contributed by atoms with Gasteiger partial charge >= 0.3 is 0 Å². The van der Waals surface area contributed by atoms with Crippen molar-refractivity contribution < 1.29 is 13.2 Å². The molecule has 0 bridgehead atoms. The first-order valence-corrected chi connectivity index (χ1v) is 14.7. The van der Waals surface area contributed by atoms with Crippen molar-refractivity contribution in [3.8, 4) is 44.8 Å². The van der Waals surface area contributed by atoms with Gasteiger partial charge in [0.1, 0.15) is 14.1 Å². The van der Waals surface area contributed by atoms with Gasteiger partial charge in [0.25, 0.3) is 0 Å². The third kappa shape index (κ3) is 6.81. The van der Waals surface area contributed by atoms with Crippen LogP contribution in [0.1, 0.15) is 31.9 Å². The lowest BCUT2D eigenvalue weighted by Gasteiger charge is -2.09. The topological polar surface area (TPSA) is 7.76 Å².